The van der Waals surface area contributed by atoms with Gasteiger partial charge >= 0.3 is 5.69 Å². The van der Waals surface area contributed by atoms with Crippen LogP contribution in [-0.2, 0) is 6.54 Å². The molecule has 1 fully saturated rings. The molecule has 1 saturated heterocycles. The van der Waals surface area contributed by atoms with Crippen LogP contribution in [-0.4, -0.2) is 38.7 Å². The zero-order chi connectivity index (χ0) is 15.0. The summed E-state index contributed by atoms with van der Waals surface area (Å²) in [6.45, 7) is 7.34. The van der Waals surface area contributed by atoms with Gasteiger partial charge in [-0.3, -0.25) is 4.57 Å². The van der Waals surface area contributed by atoms with Crippen molar-refractivity contribution in [1.29, 1.82) is 0 Å². The number of H-pyrrole nitrogens is 1. The summed E-state index contributed by atoms with van der Waals surface area (Å²) in [4.78, 5) is 17.4. The molecule has 1 aromatic carbocycles. The number of rotatable bonds is 3. The molecule has 21 heavy (non-hydrogen) atoms. The summed E-state index contributed by atoms with van der Waals surface area (Å²) in [7, 11) is 0. The van der Waals surface area contributed by atoms with E-state index in [1.807, 2.05) is 6.07 Å². The number of nitrogens with zero attached hydrogens (tertiary/aromatic N) is 2. The van der Waals surface area contributed by atoms with E-state index in [0.717, 1.165) is 25.0 Å². The van der Waals surface area contributed by atoms with Gasteiger partial charge in [-0.05, 0) is 51.3 Å². The van der Waals surface area contributed by atoms with E-state index >= 15 is 0 Å². The first-order chi connectivity index (χ1) is 10.1. The molecule has 0 amide bonds. The van der Waals surface area contributed by atoms with Crippen molar-refractivity contribution < 1.29 is 5.11 Å². The van der Waals surface area contributed by atoms with Gasteiger partial charge in [0.15, 0.2) is 0 Å². The van der Waals surface area contributed by atoms with Crippen LogP contribution < -0.4 is 5.69 Å². The minimum Gasteiger partial charge on any atom is -0.506 e. The van der Waals surface area contributed by atoms with Crippen LogP contribution in [0.3, 0.4) is 0 Å². The van der Waals surface area contributed by atoms with Crippen molar-refractivity contribution in [1.82, 2.24) is 14.5 Å². The molecular weight excluding hydrogens is 266 g/mol. The Kier molecular flexibility index (Phi) is 3.76. The number of aromatic hydroxyl groups is 1. The fourth-order valence-electron chi connectivity index (χ4n) is 3.32. The van der Waals surface area contributed by atoms with E-state index in [0.29, 0.717) is 24.0 Å². The summed E-state index contributed by atoms with van der Waals surface area (Å²) in [5.41, 5.74) is 1.20. The third-order valence-electron chi connectivity index (χ3n) is 4.51. The number of phenols is 1. The first kappa shape index (κ1) is 14.2. The van der Waals surface area contributed by atoms with Gasteiger partial charge in [0.2, 0.25) is 0 Å². The van der Waals surface area contributed by atoms with Crippen LogP contribution in [0.2, 0.25) is 0 Å². The highest BCUT2D eigenvalue weighted by molar-refractivity contribution is 5.81. The number of piperidine rings is 1. The molecule has 0 aliphatic carbocycles. The highest BCUT2D eigenvalue weighted by Gasteiger charge is 2.23. The summed E-state index contributed by atoms with van der Waals surface area (Å²) in [6.07, 6.45) is 2.34. The lowest BCUT2D eigenvalue weighted by Gasteiger charge is -2.35. The van der Waals surface area contributed by atoms with E-state index in [4.69, 9.17) is 0 Å². The zero-order valence-corrected chi connectivity index (χ0v) is 12.7. The average molecular weight is 289 g/mol. The lowest BCUT2D eigenvalue weighted by Crippen LogP contribution is -2.41. The number of para-hydroxylation sites is 1. The molecule has 3 rings (SSSR count). The summed E-state index contributed by atoms with van der Waals surface area (Å²) >= 11 is 0. The fraction of sp³-hybridized carbons (Fsp3) is 0.562. The predicted molar refractivity (Wildman–Crippen MR) is 83.7 cm³/mol. The lowest BCUT2D eigenvalue weighted by atomic mass is 9.97. The number of likely N-dealkylation sites (tertiary alicyclic amines) is 1. The number of benzene rings is 1. The van der Waals surface area contributed by atoms with Crippen LogP contribution in [0.25, 0.3) is 11.0 Å². The van der Waals surface area contributed by atoms with Crippen molar-refractivity contribution in [2.45, 2.75) is 39.3 Å². The van der Waals surface area contributed by atoms with Gasteiger partial charge < -0.3 is 15.0 Å². The van der Waals surface area contributed by atoms with Gasteiger partial charge in [-0.2, -0.15) is 0 Å². The van der Waals surface area contributed by atoms with Crippen molar-refractivity contribution >= 4 is 11.0 Å². The Morgan fingerprint density at radius 1 is 1.43 bits per heavy atom. The summed E-state index contributed by atoms with van der Waals surface area (Å²) in [5.74, 6) is 0.621. The normalized spacial score (nSPS) is 20.4. The Morgan fingerprint density at radius 2 is 2.24 bits per heavy atom. The Balaban J connectivity index is 1.87. The number of hydrogen-bond acceptors (Lipinski definition) is 3. The van der Waals surface area contributed by atoms with Crippen molar-refractivity contribution in [3.8, 4) is 5.75 Å². The molecule has 1 aromatic heterocycles. The van der Waals surface area contributed by atoms with Gasteiger partial charge in [0.25, 0.3) is 0 Å². The molecule has 5 nitrogen and oxygen atoms in total. The van der Waals surface area contributed by atoms with E-state index in [1.54, 1.807) is 16.7 Å². The minimum absolute atomic E-state index is 0.131. The molecule has 2 N–H and O–H groups in total. The third-order valence-corrected chi connectivity index (χ3v) is 4.51. The number of hydrogen-bond donors (Lipinski definition) is 2. The van der Waals surface area contributed by atoms with Crippen LogP contribution >= 0.6 is 0 Å². The van der Waals surface area contributed by atoms with Crippen molar-refractivity contribution in [3.05, 3.63) is 28.7 Å². The van der Waals surface area contributed by atoms with Crippen molar-refractivity contribution in [2.24, 2.45) is 5.92 Å². The molecule has 1 aliphatic heterocycles. The van der Waals surface area contributed by atoms with Gasteiger partial charge in [-0.15, -0.1) is 0 Å². The first-order valence-electron chi connectivity index (χ1n) is 7.71. The maximum atomic E-state index is 12.2. The summed E-state index contributed by atoms with van der Waals surface area (Å²) < 4.78 is 1.77. The molecule has 2 aromatic rings. The molecule has 1 unspecified atom stereocenters. The summed E-state index contributed by atoms with van der Waals surface area (Å²) in [6, 6.07) is 5.82. The minimum atomic E-state index is -0.131. The molecule has 0 bridgehead atoms. The van der Waals surface area contributed by atoms with Gasteiger partial charge in [0.05, 0.1) is 5.52 Å². The van der Waals surface area contributed by atoms with Crippen LogP contribution in [0.1, 0.15) is 26.7 Å². The maximum absolute atomic E-state index is 12.2. The average Bonchev–Trinajstić information content (AvgIpc) is 2.78. The molecule has 1 aliphatic rings. The fourth-order valence-corrected chi connectivity index (χ4v) is 3.32. The Morgan fingerprint density at radius 3 is 3.00 bits per heavy atom. The zero-order valence-electron chi connectivity index (χ0n) is 12.7. The number of aromatic amines is 1. The van der Waals surface area contributed by atoms with Crippen molar-refractivity contribution in [2.75, 3.05) is 13.1 Å². The number of fused-ring (bicyclic) bond motifs is 1. The van der Waals surface area contributed by atoms with Crippen LogP contribution in [0.5, 0.6) is 5.75 Å². The van der Waals surface area contributed by atoms with Crippen LogP contribution in [0, 0.1) is 5.92 Å². The Labute approximate surface area is 124 Å². The summed E-state index contributed by atoms with van der Waals surface area (Å²) in [5, 5.41) is 9.84. The van der Waals surface area contributed by atoms with Gasteiger partial charge in [0.1, 0.15) is 11.3 Å². The maximum Gasteiger partial charge on any atom is 0.326 e. The van der Waals surface area contributed by atoms with E-state index in [1.165, 1.54) is 6.42 Å². The SMILES string of the molecule is CC(C)N1CCCC(Cn2c(=O)[nH]c3c(O)cccc32)C1. The number of aromatic nitrogens is 2. The lowest BCUT2D eigenvalue weighted by molar-refractivity contribution is 0.131. The highest BCUT2D eigenvalue weighted by Crippen LogP contribution is 2.24. The predicted octanol–water partition coefficient (Wildman–Crippen LogP) is 2.16. The second-order valence-corrected chi connectivity index (χ2v) is 6.31. The third kappa shape index (κ3) is 2.70. The standard InChI is InChI=1S/C16H23N3O2/c1-11(2)18-8-4-5-12(9-18)10-19-13-6-3-7-14(20)15(13)17-16(19)21/h3,6-7,11-12,20H,4-5,8-10H2,1-2H3,(H,17,21). The smallest absolute Gasteiger partial charge is 0.326 e. The highest BCUT2D eigenvalue weighted by atomic mass is 16.3. The molecule has 0 radical (unpaired) electrons. The van der Waals surface area contributed by atoms with Crippen LogP contribution in [0.15, 0.2) is 23.0 Å². The van der Waals surface area contributed by atoms with Crippen LogP contribution in [0.4, 0.5) is 0 Å². The second kappa shape index (κ2) is 5.56. The Hall–Kier alpha value is -1.75. The molecule has 0 spiro atoms. The van der Waals surface area contributed by atoms with Gasteiger partial charge in [0, 0.05) is 19.1 Å². The van der Waals surface area contributed by atoms with E-state index in [-0.39, 0.29) is 11.4 Å². The topological polar surface area (TPSA) is 61.3 Å². The number of phenolic OH excluding ortho intramolecular Hbond substituents is 1. The monoisotopic (exact) mass is 289 g/mol. The molecule has 5 heteroatoms. The number of nitrogens with one attached hydrogen (secondary N) is 1. The van der Waals surface area contributed by atoms with Gasteiger partial charge in [-0.1, -0.05) is 6.07 Å². The molecule has 1 atom stereocenters. The van der Waals surface area contributed by atoms with E-state index in [2.05, 4.69) is 23.7 Å². The van der Waals surface area contributed by atoms with Crippen molar-refractivity contribution in [3.63, 3.8) is 0 Å². The molecule has 0 saturated carbocycles. The molecule has 114 valence electrons. The van der Waals surface area contributed by atoms with E-state index in [9.17, 15) is 9.90 Å². The number of imidazole rings is 1. The Bertz CT molecular complexity index is 686. The molecule has 2 heterocycles. The van der Waals surface area contributed by atoms with Gasteiger partial charge in [-0.25, -0.2) is 4.79 Å². The first-order valence-corrected chi connectivity index (χ1v) is 7.71. The quantitative estimate of drug-likeness (QED) is 0.910. The largest absolute Gasteiger partial charge is 0.506 e. The molecular formula is C16H23N3O2. The second-order valence-electron chi connectivity index (χ2n) is 6.31. The van der Waals surface area contributed by atoms with E-state index < -0.39 is 0 Å².